The van der Waals surface area contributed by atoms with E-state index in [9.17, 15) is 4.79 Å². The molecule has 116 valence electrons. The van der Waals surface area contributed by atoms with Gasteiger partial charge in [-0.25, -0.2) is 0 Å². The van der Waals surface area contributed by atoms with E-state index in [4.69, 9.17) is 9.47 Å². The van der Waals surface area contributed by atoms with Crippen molar-refractivity contribution in [3.8, 4) is 5.75 Å². The van der Waals surface area contributed by atoms with E-state index in [1.54, 1.807) is 0 Å². The summed E-state index contributed by atoms with van der Waals surface area (Å²) < 4.78 is 11.2. The molecule has 0 radical (unpaired) electrons. The lowest BCUT2D eigenvalue weighted by Gasteiger charge is -2.35. The Labute approximate surface area is 126 Å². The number of hydrogen-bond donors (Lipinski definition) is 1. The third-order valence-corrected chi connectivity index (χ3v) is 4.12. The van der Waals surface area contributed by atoms with Gasteiger partial charge in [-0.2, -0.15) is 0 Å². The normalized spacial score (nSPS) is 16.5. The highest BCUT2D eigenvalue weighted by Crippen LogP contribution is 2.28. The van der Waals surface area contributed by atoms with Crippen LogP contribution in [-0.2, 0) is 9.53 Å². The van der Waals surface area contributed by atoms with Crippen molar-refractivity contribution in [3.05, 3.63) is 30.3 Å². The third kappa shape index (κ3) is 5.05. The number of nitrogens with two attached hydrogens (primary N) is 1. The van der Waals surface area contributed by atoms with Crippen molar-refractivity contribution >= 4 is 5.97 Å². The number of ether oxygens (including phenoxy) is 2. The second-order valence-electron chi connectivity index (χ2n) is 6.13. The predicted octanol–water partition coefficient (Wildman–Crippen LogP) is 1.75. The Morgan fingerprint density at radius 1 is 1.24 bits per heavy atom. The molecule has 0 unspecified atom stereocenters. The first-order valence-electron chi connectivity index (χ1n) is 7.79. The number of benzene rings is 1. The fourth-order valence-electron chi connectivity index (χ4n) is 2.82. The average molecular weight is 292 g/mol. The van der Waals surface area contributed by atoms with Gasteiger partial charge in [-0.1, -0.05) is 18.2 Å². The lowest BCUT2D eigenvalue weighted by atomic mass is 9.83. The minimum atomic E-state index is -0.377. The Morgan fingerprint density at radius 2 is 1.90 bits per heavy atom. The summed E-state index contributed by atoms with van der Waals surface area (Å²) in [6, 6.07) is 9.53. The van der Waals surface area contributed by atoms with E-state index in [1.165, 1.54) is 0 Å². The Morgan fingerprint density at radius 3 is 2.57 bits per heavy atom. The van der Waals surface area contributed by atoms with Crippen LogP contribution >= 0.6 is 0 Å². The molecule has 4 heteroatoms. The van der Waals surface area contributed by atoms with E-state index in [1.807, 2.05) is 44.2 Å². The smallest absolute Gasteiger partial charge is 0.309 e. The molecular weight excluding hydrogens is 266 g/mol. The Hall–Kier alpha value is -1.55. The monoisotopic (exact) mass is 292 g/mol. The molecule has 1 aliphatic rings. The van der Waals surface area contributed by atoms with Gasteiger partial charge in [0.05, 0.1) is 26.1 Å². The number of piperidine rings is 1. The third-order valence-electron chi connectivity index (χ3n) is 4.12. The average Bonchev–Trinajstić information content (AvgIpc) is 2.49. The van der Waals surface area contributed by atoms with Crippen molar-refractivity contribution in [1.82, 2.24) is 0 Å². The molecule has 1 aliphatic heterocycles. The van der Waals surface area contributed by atoms with Gasteiger partial charge in [0.1, 0.15) is 11.4 Å². The second kappa shape index (κ2) is 7.46. The molecule has 4 nitrogen and oxygen atoms in total. The highest BCUT2D eigenvalue weighted by molar-refractivity contribution is 5.70. The van der Waals surface area contributed by atoms with Crippen molar-refractivity contribution in [2.45, 2.75) is 38.7 Å². The van der Waals surface area contributed by atoms with Crippen LogP contribution in [0.5, 0.6) is 5.75 Å². The summed E-state index contributed by atoms with van der Waals surface area (Å²) in [5.74, 6) is 1.07. The first-order valence-corrected chi connectivity index (χ1v) is 7.79. The Bertz CT molecular complexity index is 439. The van der Waals surface area contributed by atoms with Gasteiger partial charge in [-0.05, 0) is 26.0 Å². The van der Waals surface area contributed by atoms with E-state index in [0.29, 0.717) is 12.5 Å². The molecule has 1 heterocycles. The topological polar surface area (TPSA) is 52.1 Å². The number of rotatable bonds is 6. The van der Waals surface area contributed by atoms with Crippen LogP contribution < -0.4 is 10.1 Å². The number of carbonyl (C=O) groups is 1. The minimum absolute atomic E-state index is 0.175. The second-order valence-corrected chi connectivity index (χ2v) is 6.13. The minimum Gasteiger partial charge on any atom is -0.493 e. The summed E-state index contributed by atoms with van der Waals surface area (Å²) in [6.07, 6.45) is 2.51. The van der Waals surface area contributed by atoms with Crippen LogP contribution in [0.25, 0.3) is 0 Å². The van der Waals surface area contributed by atoms with E-state index >= 15 is 0 Å². The zero-order valence-corrected chi connectivity index (χ0v) is 13.0. The van der Waals surface area contributed by atoms with Crippen LogP contribution in [0.4, 0.5) is 0 Å². The standard InChI is InChI=1S/C17H25NO3/c1-17(2,14-8-11-18-12-9-14)21-16(19)10-13-20-15-6-4-3-5-7-15/h3-7,14,18H,8-13H2,1-2H3/p+1. The van der Waals surface area contributed by atoms with Crippen LogP contribution in [0.3, 0.4) is 0 Å². The highest BCUT2D eigenvalue weighted by Gasteiger charge is 2.35. The number of esters is 1. The van der Waals surface area contributed by atoms with Gasteiger partial charge in [0.2, 0.25) is 0 Å². The summed E-state index contributed by atoms with van der Waals surface area (Å²) >= 11 is 0. The van der Waals surface area contributed by atoms with Gasteiger partial charge in [-0.15, -0.1) is 0 Å². The first kappa shape index (κ1) is 15.8. The van der Waals surface area contributed by atoms with Crippen LogP contribution in [0.1, 0.15) is 33.1 Å². The van der Waals surface area contributed by atoms with Crippen LogP contribution in [0, 0.1) is 5.92 Å². The summed E-state index contributed by atoms with van der Waals surface area (Å²) in [5.41, 5.74) is -0.377. The SMILES string of the molecule is CC(C)(OC(=O)CCOc1ccccc1)C1CC[NH2+]CC1. The van der Waals surface area contributed by atoms with Crippen molar-refractivity contribution in [3.63, 3.8) is 0 Å². The van der Waals surface area contributed by atoms with Crippen molar-refractivity contribution in [1.29, 1.82) is 0 Å². The highest BCUT2D eigenvalue weighted by atomic mass is 16.6. The summed E-state index contributed by atoms with van der Waals surface area (Å²) in [5, 5.41) is 2.32. The molecule has 1 fully saturated rings. The van der Waals surface area contributed by atoms with Gasteiger partial charge < -0.3 is 14.8 Å². The van der Waals surface area contributed by atoms with Crippen molar-refractivity contribution in [2.75, 3.05) is 19.7 Å². The van der Waals surface area contributed by atoms with E-state index in [-0.39, 0.29) is 18.0 Å². The lowest BCUT2D eigenvalue weighted by Crippen LogP contribution is -2.86. The number of para-hydroxylation sites is 1. The molecule has 0 aromatic heterocycles. The predicted molar refractivity (Wildman–Crippen MR) is 81.1 cm³/mol. The van der Waals surface area contributed by atoms with Gasteiger partial charge in [-0.3, -0.25) is 4.79 Å². The number of carbonyl (C=O) groups excluding carboxylic acids is 1. The zero-order chi connectivity index (χ0) is 15.1. The summed E-state index contributed by atoms with van der Waals surface area (Å²) in [7, 11) is 0. The lowest BCUT2D eigenvalue weighted by molar-refractivity contribution is -0.665. The zero-order valence-electron chi connectivity index (χ0n) is 13.0. The van der Waals surface area contributed by atoms with Crippen molar-refractivity contribution in [2.24, 2.45) is 5.92 Å². The van der Waals surface area contributed by atoms with E-state index in [2.05, 4.69) is 5.32 Å². The van der Waals surface area contributed by atoms with Crippen molar-refractivity contribution < 1.29 is 19.6 Å². The molecule has 1 aromatic rings. The van der Waals surface area contributed by atoms with Gasteiger partial charge in [0.25, 0.3) is 0 Å². The number of quaternary nitrogens is 1. The molecule has 1 aromatic carbocycles. The molecule has 1 saturated heterocycles. The molecule has 0 aliphatic carbocycles. The molecule has 2 rings (SSSR count). The largest absolute Gasteiger partial charge is 0.493 e. The maximum absolute atomic E-state index is 12.0. The van der Waals surface area contributed by atoms with Gasteiger partial charge >= 0.3 is 5.97 Å². The first-order chi connectivity index (χ1) is 10.1. The maximum Gasteiger partial charge on any atom is 0.309 e. The fraction of sp³-hybridized carbons (Fsp3) is 0.588. The fourth-order valence-corrected chi connectivity index (χ4v) is 2.82. The quantitative estimate of drug-likeness (QED) is 0.813. The molecule has 2 N–H and O–H groups in total. The molecule has 21 heavy (non-hydrogen) atoms. The van der Waals surface area contributed by atoms with Crippen LogP contribution in [0.15, 0.2) is 30.3 Å². The summed E-state index contributed by atoms with van der Waals surface area (Å²) in [6.45, 7) is 6.67. The molecule has 0 amide bonds. The molecule has 0 bridgehead atoms. The van der Waals surface area contributed by atoms with E-state index in [0.717, 1.165) is 31.7 Å². The Balaban J connectivity index is 1.73. The molecule has 0 saturated carbocycles. The van der Waals surface area contributed by atoms with Crippen LogP contribution in [0.2, 0.25) is 0 Å². The maximum atomic E-state index is 12.0. The van der Waals surface area contributed by atoms with Crippen LogP contribution in [-0.4, -0.2) is 31.3 Å². The molecular formula is C17H26NO3+. The number of hydrogen-bond acceptors (Lipinski definition) is 3. The molecule has 0 atom stereocenters. The van der Waals surface area contributed by atoms with E-state index < -0.39 is 0 Å². The van der Waals surface area contributed by atoms with Gasteiger partial charge in [0, 0.05) is 18.8 Å². The molecule has 0 spiro atoms. The van der Waals surface area contributed by atoms with Gasteiger partial charge in [0.15, 0.2) is 0 Å². The summed E-state index contributed by atoms with van der Waals surface area (Å²) in [4.78, 5) is 12.0. The Kier molecular flexibility index (Phi) is 5.62.